The zero-order valence-electron chi connectivity index (χ0n) is 10.6. The average Bonchev–Trinajstić information content (AvgIpc) is 2.85. The highest BCUT2D eigenvalue weighted by Gasteiger charge is 2.08. The molecule has 2 aromatic carbocycles. The van der Waals surface area contributed by atoms with Crippen molar-refractivity contribution in [2.45, 2.75) is 13.3 Å². The molecule has 0 radical (unpaired) electrons. The number of hydrogen-bond donors (Lipinski definition) is 0. The Hall–Kier alpha value is -2.00. The first-order chi connectivity index (χ1) is 9.24. The molecule has 0 unspecified atom stereocenters. The van der Waals surface area contributed by atoms with E-state index in [0.717, 1.165) is 16.3 Å². The van der Waals surface area contributed by atoms with Crippen LogP contribution in [0.1, 0.15) is 11.9 Å². The van der Waals surface area contributed by atoms with E-state index in [-0.39, 0.29) is 5.78 Å². The molecule has 0 aliphatic rings. The van der Waals surface area contributed by atoms with Gasteiger partial charge in [-0.15, -0.1) is 11.3 Å². The molecule has 94 valence electrons. The standard InChI is InChI=1S/C16H13NOS/c1-11(18)9-16-17-15(10-19-16)14-8-4-6-12-5-2-3-7-13(12)14/h2-8,10H,9H2,1H3. The Morgan fingerprint density at radius 3 is 2.79 bits per heavy atom. The number of carbonyl (C=O) groups is 1. The molecule has 0 fully saturated rings. The number of carbonyl (C=O) groups excluding carboxylic acids is 1. The minimum Gasteiger partial charge on any atom is -0.300 e. The van der Waals surface area contributed by atoms with E-state index < -0.39 is 0 Å². The molecule has 2 nitrogen and oxygen atoms in total. The Bertz CT molecular complexity index is 740. The second kappa shape index (κ2) is 4.94. The smallest absolute Gasteiger partial charge is 0.136 e. The number of fused-ring (bicyclic) bond motifs is 1. The van der Waals surface area contributed by atoms with Crippen LogP contribution in [0, 0.1) is 0 Å². The van der Waals surface area contributed by atoms with E-state index in [0.29, 0.717) is 6.42 Å². The number of Topliss-reactive ketones (excluding diaryl/α,β-unsaturated/α-hetero) is 1. The van der Waals surface area contributed by atoms with Crippen molar-refractivity contribution >= 4 is 27.9 Å². The summed E-state index contributed by atoms with van der Waals surface area (Å²) in [7, 11) is 0. The quantitative estimate of drug-likeness (QED) is 0.715. The molecule has 0 atom stereocenters. The minimum atomic E-state index is 0.152. The monoisotopic (exact) mass is 267 g/mol. The van der Waals surface area contributed by atoms with Gasteiger partial charge in [-0.2, -0.15) is 0 Å². The highest BCUT2D eigenvalue weighted by atomic mass is 32.1. The maximum Gasteiger partial charge on any atom is 0.136 e. The van der Waals surface area contributed by atoms with Crippen LogP contribution < -0.4 is 0 Å². The van der Waals surface area contributed by atoms with E-state index >= 15 is 0 Å². The van der Waals surface area contributed by atoms with Gasteiger partial charge in [0.05, 0.1) is 12.1 Å². The van der Waals surface area contributed by atoms with Crippen molar-refractivity contribution in [3.63, 3.8) is 0 Å². The largest absolute Gasteiger partial charge is 0.300 e. The van der Waals surface area contributed by atoms with Gasteiger partial charge < -0.3 is 0 Å². The van der Waals surface area contributed by atoms with Crippen LogP contribution >= 0.6 is 11.3 Å². The van der Waals surface area contributed by atoms with Crippen molar-refractivity contribution in [1.29, 1.82) is 0 Å². The molecule has 0 saturated heterocycles. The van der Waals surface area contributed by atoms with Crippen molar-refractivity contribution in [3.05, 3.63) is 52.9 Å². The molecule has 0 aliphatic heterocycles. The SMILES string of the molecule is CC(=O)Cc1nc(-c2cccc3ccccc23)cs1. The lowest BCUT2D eigenvalue weighted by Gasteiger charge is -2.03. The molecule has 0 amide bonds. The predicted molar refractivity (Wildman–Crippen MR) is 79.4 cm³/mol. The summed E-state index contributed by atoms with van der Waals surface area (Å²) in [5, 5.41) is 5.32. The number of benzene rings is 2. The van der Waals surface area contributed by atoms with Crippen LogP contribution in [-0.4, -0.2) is 10.8 Å². The third kappa shape index (κ3) is 2.42. The fraction of sp³-hybridized carbons (Fsp3) is 0.125. The van der Waals surface area contributed by atoms with Crippen molar-refractivity contribution in [3.8, 4) is 11.3 Å². The highest BCUT2D eigenvalue weighted by Crippen LogP contribution is 2.29. The van der Waals surface area contributed by atoms with E-state index in [1.807, 2.05) is 23.6 Å². The molecular weight excluding hydrogens is 254 g/mol. The molecule has 1 heterocycles. The van der Waals surface area contributed by atoms with Crippen LogP contribution in [0.2, 0.25) is 0 Å². The van der Waals surface area contributed by atoms with E-state index in [1.54, 1.807) is 18.3 Å². The topological polar surface area (TPSA) is 30.0 Å². The van der Waals surface area contributed by atoms with Crippen molar-refractivity contribution in [2.24, 2.45) is 0 Å². The molecule has 3 heteroatoms. The lowest BCUT2D eigenvalue weighted by Crippen LogP contribution is -1.95. The second-order valence-electron chi connectivity index (χ2n) is 4.53. The van der Waals surface area contributed by atoms with Gasteiger partial charge in [0, 0.05) is 10.9 Å². The summed E-state index contributed by atoms with van der Waals surface area (Å²) in [5.41, 5.74) is 2.09. The molecule has 3 rings (SSSR count). The van der Waals surface area contributed by atoms with Crippen LogP contribution in [0.15, 0.2) is 47.8 Å². The van der Waals surface area contributed by atoms with Crippen LogP contribution in [0.5, 0.6) is 0 Å². The molecule has 0 saturated carbocycles. The fourth-order valence-electron chi connectivity index (χ4n) is 2.18. The lowest BCUT2D eigenvalue weighted by molar-refractivity contribution is -0.116. The van der Waals surface area contributed by atoms with Crippen LogP contribution in [0.3, 0.4) is 0 Å². The van der Waals surface area contributed by atoms with Gasteiger partial charge in [0.1, 0.15) is 10.8 Å². The first-order valence-electron chi connectivity index (χ1n) is 6.16. The van der Waals surface area contributed by atoms with Gasteiger partial charge in [-0.05, 0) is 17.7 Å². The zero-order valence-corrected chi connectivity index (χ0v) is 11.4. The molecule has 1 aromatic heterocycles. The van der Waals surface area contributed by atoms with Gasteiger partial charge in [-0.1, -0.05) is 42.5 Å². The number of nitrogens with zero attached hydrogens (tertiary/aromatic N) is 1. The minimum absolute atomic E-state index is 0.152. The average molecular weight is 267 g/mol. The molecule has 0 bridgehead atoms. The molecule has 19 heavy (non-hydrogen) atoms. The van der Waals surface area contributed by atoms with E-state index in [1.165, 1.54) is 10.8 Å². The van der Waals surface area contributed by atoms with Gasteiger partial charge in [0.25, 0.3) is 0 Å². The molecule has 0 N–H and O–H groups in total. The van der Waals surface area contributed by atoms with E-state index in [4.69, 9.17) is 0 Å². The Kier molecular flexibility index (Phi) is 3.13. The van der Waals surface area contributed by atoms with Gasteiger partial charge >= 0.3 is 0 Å². The van der Waals surface area contributed by atoms with Gasteiger partial charge in [0.2, 0.25) is 0 Å². The lowest BCUT2D eigenvalue weighted by atomic mass is 10.0. The Balaban J connectivity index is 2.09. The molecule has 3 aromatic rings. The summed E-state index contributed by atoms with van der Waals surface area (Å²) in [5.74, 6) is 0.152. The first kappa shape index (κ1) is 12.1. The van der Waals surface area contributed by atoms with Gasteiger partial charge in [-0.3, -0.25) is 4.79 Å². The van der Waals surface area contributed by atoms with Crippen LogP contribution in [-0.2, 0) is 11.2 Å². The number of hydrogen-bond acceptors (Lipinski definition) is 3. The maximum atomic E-state index is 11.1. The number of thiazole rings is 1. The zero-order chi connectivity index (χ0) is 13.2. The van der Waals surface area contributed by atoms with E-state index in [9.17, 15) is 4.79 Å². The van der Waals surface area contributed by atoms with Gasteiger partial charge in [-0.25, -0.2) is 4.98 Å². The first-order valence-corrected chi connectivity index (χ1v) is 7.04. The van der Waals surface area contributed by atoms with Crippen LogP contribution in [0.4, 0.5) is 0 Å². The maximum absolute atomic E-state index is 11.1. The van der Waals surface area contributed by atoms with Crippen molar-refractivity contribution in [2.75, 3.05) is 0 Å². The van der Waals surface area contributed by atoms with Crippen LogP contribution in [0.25, 0.3) is 22.0 Å². The Labute approximate surface area is 115 Å². The normalized spacial score (nSPS) is 10.8. The number of rotatable bonds is 3. The summed E-state index contributed by atoms with van der Waals surface area (Å²) < 4.78 is 0. The molecule has 0 spiro atoms. The highest BCUT2D eigenvalue weighted by molar-refractivity contribution is 7.10. The summed E-state index contributed by atoms with van der Waals surface area (Å²) >= 11 is 1.55. The number of ketones is 1. The Morgan fingerprint density at radius 1 is 1.16 bits per heavy atom. The van der Waals surface area contributed by atoms with Gasteiger partial charge in [0.15, 0.2) is 0 Å². The predicted octanol–water partition coefficient (Wildman–Crippen LogP) is 4.09. The molecule has 0 aliphatic carbocycles. The third-order valence-corrected chi connectivity index (χ3v) is 3.87. The summed E-state index contributed by atoms with van der Waals surface area (Å²) in [6, 6.07) is 14.5. The summed E-state index contributed by atoms with van der Waals surface area (Å²) in [4.78, 5) is 15.7. The van der Waals surface area contributed by atoms with Crippen molar-refractivity contribution in [1.82, 2.24) is 4.98 Å². The Morgan fingerprint density at radius 2 is 1.95 bits per heavy atom. The van der Waals surface area contributed by atoms with E-state index in [2.05, 4.69) is 29.2 Å². The molecular formula is C16H13NOS. The third-order valence-electron chi connectivity index (χ3n) is 3.02. The summed E-state index contributed by atoms with van der Waals surface area (Å²) in [6.07, 6.45) is 0.426. The second-order valence-corrected chi connectivity index (χ2v) is 5.47. The van der Waals surface area contributed by atoms with Crippen molar-refractivity contribution < 1.29 is 4.79 Å². The number of aromatic nitrogens is 1. The summed E-state index contributed by atoms with van der Waals surface area (Å²) in [6.45, 7) is 1.60. The fourth-order valence-corrected chi connectivity index (χ4v) is 3.04.